The quantitative estimate of drug-likeness (QED) is 0.812. The Hall–Kier alpha value is -1.59. The van der Waals surface area contributed by atoms with E-state index in [4.69, 9.17) is 27.7 Å². The molecule has 0 saturated heterocycles. The molecule has 19 heavy (non-hydrogen) atoms. The first-order chi connectivity index (χ1) is 9.10. The predicted octanol–water partition coefficient (Wildman–Crippen LogP) is 2.68. The lowest BCUT2D eigenvalue weighted by molar-refractivity contribution is -0.140. The average Bonchev–Trinajstić information content (AvgIpc) is 2.81. The topological polar surface area (TPSA) is 65.2 Å². The monoisotopic (exact) mass is 300 g/mol. The summed E-state index contributed by atoms with van der Waals surface area (Å²) >= 11 is 12.1. The second-order valence-electron chi connectivity index (χ2n) is 3.73. The van der Waals surface area contributed by atoms with E-state index in [9.17, 15) is 4.79 Å². The molecule has 1 heterocycles. The van der Waals surface area contributed by atoms with Crippen LogP contribution in [0.3, 0.4) is 0 Å². The predicted molar refractivity (Wildman–Crippen MR) is 69.3 cm³/mol. The summed E-state index contributed by atoms with van der Waals surface area (Å²) in [5, 5.41) is 4.84. The van der Waals surface area contributed by atoms with Crippen molar-refractivity contribution in [2.24, 2.45) is 0 Å². The first-order valence-corrected chi connectivity index (χ1v) is 6.17. The van der Waals surface area contributed by atoms with Gasteiger partial charge in [-0.25, -0.2) is 0 Å². The zero-order chi connectivity index (χ0) is 13.8. The number of benzene rings is 1. The van der Waals surface area contributed by atoms with Crippen LogP contribution in [-0.4, -0.2) is 23.2 Å². The summed E-state index contributed by atoms with van der Waals surface area (Å²) in [6, 6.07) is 5.23. The van der Waals surface area contributed by atoms with Crippen molar-refractivity contribution in [1.29, 1.82) is 0 Å². The van der Waals surface area contributed by atoms with E-state index in [-0.39, 0.29) is 12.3 Å². The van der Waals surface area contributed by atoms with Gasteiger partial charge in [0, 0.05) is 16.5 Å². The fraction of sp³-hybridized carbons (Fsp3) is 0.250. The van der Waals surface area contributed by atoms with Crippen molar-refractivity contribution in [2.75, 3.05) is 7.11 Å². The summed E-state index contributed by atoms with van der Waals surface area (Å²) in [6.07, 6.45) is 0.281. The van der Waals surface area contributed by atoms with E-state index < -0.39 is 5.97 Å². The van der Waals surface area contributed by atoms with Crippen LogP contribution in [0.5, 0.6) is 0 Å². The standard InChI is InChI=1S/C12H10Cl2N2O3/c1-18-12(17)6-11-15-10(16-19-11)5-7-8(13)3-2-4-9(7)14/h2-4H,5-6H2,1H3. The fourth-order valence-corrected chi connectivity index (χ4v) is 2.02. The lowest BCUT2D eigenvalue weighted by Crippen LogP contribution is -2.04. The van der Waals surface area contributed by atoms with Crippen molar-refractivity contribution in [3.63, 3.8) is 0 Å². The van der Waals surface area contributed by atoms with Gasteiger partial charge in [0.1, 0.15) is 6.42 Å². The highest BCUT2D eigenvalue weighted by Gasteiger charge is 2.14. The summed E-state index contributed by atoms with van der Waals surface area (Å²) < 4.78 is 9.45. The summed E-state index contributed by atoms with van der Waals surface area (Å²) in [5.74, 6) is 0.171. The highest BCUT2D eigenvalue weighted by Crippen LogP contribution is 2.26. The van der Waals surface area contributed by atoms with Crippen LogP contribution in [0.25, 0.3) is 0 Å². The number of hydrogen-bond acceptors (Lipinski definition) is 5. The molecule has 2 aromatic rings. The molecule has 0 aliphatic rings. The molecule has 0 radical (unpaired) electrons. The largest absolute Gasteiger partial charge is 0.469 e. The van der Waals surface area contributed by atoms with E-state index in [1.807, 2.05) is 0 Å². The second kappa shape index (κ2) is 6.04. The maximum atomic E-state index is 11.1. The van der Waals surface area contributed by atoms with Crippen LogP contribution in [0.1, 0.15) is 17.3 Å². The molecule has 0 atom stereocenters. The Morgan fingerprint density at radius 3 is 2.68 bits per heavy atom. The Bertz CT molecular complexity index is 578. The molecule has 0 saturated carbocycles. The molecule has 0 fully saturated rings. The van der Waals surface area contributed by atoms with Crippen LogP contribution in [0.2, 0.25) is 10.0 Å². The lowest BCUT2D eigenvalue weighted by atomic mass is 10.1. The van der Waals surface area contributed by atoms with Crippen LogP contribution in [0.4, 0.5) is 0 Å². The van der Waals surface area contributed by atoms with Crippen molar-refractivity contribution in [1.82, 2.24) is 10.1 Å². The Balaban J connectivity index is 2.14. The number of methoxy groups -OCH3 is 1. The van der Waals surface area contributed by atoms with Gasteiger partial charge in [0.15, 0.2) is 5.82 Å². The zero-order valence-electron chi connectivity index (χ0n) is 10.0. The molecule has 1 aromatic heterocycles. The van der Waals surface area contributed by atoms with Crippen molar-refractivity contribution in [3.05, 3.63) is 45.5 Å². The SMILES string of the molecule is COC(=O)Cc1nc(Cc2c(Cl)cccc2Cl)no1. The molecule has 7 heteroatoms. The number of hydrogen-bond donors (Lipinski definition) is 0. The Labute approximate surface area is 119 Å². The molecule has 0 N–H and O–H groups in total. The number of ether oxygens (including phenoxy) is 1. The van der Waals surface area contributed by atoms with Gasteiger partial charge < -0.3 is 9.26 Å². The van der Waals surface area contributed by atoms with Gasteiger partial charge >= 0.3 is 5.97 Å². The third kappa shape index (κ3) is 3.45. The average molecular weight is 301 g/mol. The van der Waals surface area contributed by atoms with E-state index in [1.165, 1.54) is 7.11 Å². The number of carbonyl (C=O) groups excluding carboxylic acids is 1. The maximum absolute atomic E-state index is 11.1. The van der Waals surface area contributed by atoms with Gasteiger partial charge in [-0.2, -0.15) is 4.98 Å². The summed E-state index contributed by atoms with van der Waals surface area (Å²) in [7, 11) is 1.29. The van der Waals surface area contributed by atoms with E-state index >= 15 is 0 Å². The molecule has 0 aliphatic carbocycles. The Morgan fingerprint density at radius 1 is 1.37 bits per heavy atom. The summed E-state index contributed by atoms with van der Waals surface area (Å²) in [6.45, 7) is 0. The highest BCUT2D eigenvalue weighted by atomic mass is 35.5. The first-order valence-electron chi connectivity index (χ1n) is 5.41. The van der Waals surface area contributed by atoms with Gasteiger partial charge in [-0.05, 0) is 17.7 Å². The molecule has 100 valence electrons. The molecule has 0 spiro atoms. The maximum Gasteiger partial charge on any atom is 0.315 e. The third-order valence-electron chi connectivity index (χ3n) is 2.43. The van der Waals surface area contributed by atoms with E-state index in [1.54, 1.807) is 18.2 Å². The second-order valence-corrected chi connectivity index (χ2v) is 4.55. The van der Waals surface area contributed by atoms with Gasteiger partial charge in [-0.1, -0.05) is 34.4 Å². The number of halogens is 2. The van der Waals surface area contributed by atoms with Crippen LogP contribution < -0.4 is 0 Å². The lowest BCUT2D eigenvalue weighted by Gasteiger charge is -2.02. The van der Waals surface area contributed by atoms with Crippen LogP contribution >= 0.6 is 23.2 Å². The van der Waals surface area contributed by atoms with Crippen molar-refractivity contribution >= 4 is 29.2 Å². The molecule has 5 nitrogen and oxygen atoms in total. The minimum atomic E-state index is -0.439. The molecule has 0 amide bonds. The number of esters is 1. The van der Waals surface area contributed by atoms with E-state index in [0.29, 0.717) is 22.3 Å². The molecular formula is C12H10Cl2N2O3. The third-order valence-corrected chi connectivity index (χ3v) is 3.14. The van der Waals surface area contributed by atoms with Gasteiger partial charge in [-0.15, -0.1) is 0 Å². The van der Waals surface area contributed by atoms with Gasteiger partial charge in [0.2, 0.25) is 5.89 Å². The summed E-state index contributed by atoms with van der Waals surface area (Å²) in [5.41, 5.74) is 0.719. The number of rotatable bonds is 4. The summed E-state index contributed by atoms with van der Waals surface area (Å²) in [4.78, 5) is 15.1. The van der Waals surface area contributed by atoms with Crippen LogP contribution in [-0.2, 0) is 22.4 Å². The van der Waals surface area contributed by atoms with Crippen LogP contribution in [0, 0.1) is 0 Å². The van der Waals surface area contributed by atoms with Crippen molar-refractivity contribution in [3.8, 4) is 0 Å². The fourth-order valence-electron chi connectivity index (χ4n) is 1.49. The minimum absolute atomic E-state index is 0.0558. The van der Waals surface area contributed by atoms with E-state index in [0.717, 1.165) is 5.56 Å². The number of aromatic nitrogens is 2. The molecule has 0 bridgehead atoms. The molecular weight excluding hydrogens is 291 g/mol. The number of carbonyl (C=O) groups is 1. The van der Waals surface area contributed by atoms with Crippen molar-refractivity contribution < 1.29 is 14.1 Å². The minimum Gasteiger partial charge on any atom is -0.469 e. The van der Waals surface area contributed by atoms with Gasteiger partial charge in [0.25, 0.3) is 0 Å². The highest BCUT2D eigenvalue weighted by molar-refractivity contribution is 6.36. The Kier molecular flexibility index (Phi) is 4.39. The van der Waals surface area contributed by atoms with Crippen molar-refractivity contribution in [2.45, 2.75) is 12.8 Å². The van der Waals surface area contributed by atoms with Gasteiger partial charge in [0.05, 0.1) is 7.11 Å². The molecule has 1 aromatic carbocycles. The van der Waals surface area contributed by atoms with E-state index in [2.05, 4.69) is 14.9 Å². The molecule has 0 aliphatic heterocycles. The molecule has 2 rings (SSSR count). The number of nitrogens with zero attached hydrogens (tertiary/aromatic N) is 2. The van der Waals surface area contributed by atoms with Crippen LogP contribution in [0.15, 0.2) is 22.7 Å². The smallest absolute Gasteiger partial charge is 0.315 e. The van der Waals surface area contributed by atoms with Gasteiger partial charge in [-0.3, -0.25) is 4.79 Å². The zero-order valence-corrected chi connectivity index (χ0v) is 11.5. The molecule has 0 unspecified atom stereocenters. The normalized spacial score (nSPS) is 10.5. The first kappa shape index (κ1) is 13.8. The Morgan fingerprint density at radius 2 is 2.05 bits per heavy atom.